The highest BCUT2D eigenvalue weighted by molar-refractivity contribution is 5.82. The topological polar surface area (TPSA) is 583 Å². The average molecular weight is 1470 g/mol. The fourth-order valence-corrected chi connectivity index (χ4v) is 13.5. The van der Waals surface area contributed by atoms with E-state index >= 15 is 0 Å². The first-order valence-electron chi connectivity index (χ1n) is 33.0. The van der Waals surface area contributed by atoms with Crippen LogP contribution in [0.5, 0.6) is 11.5 Å². The summed E-state index contributed by atoms with van der Waals surface area (Å²) in [4.78, 5) is 24.7. The van der Waals surface area contributed by atoms with Gasteiger partial charge in [-0.05, 0) is 56.2 Å². The highest BCUT2D eigenvalue weighted by Gasteiger charge is 2.59. The molecule has 2 aromatic heterocycles. The van der Waals surface area contributed by atoms with Gasteiger partial charge in [-0.2, -0.15) is 0 Å². The third kappa shape index (κ3) is 16.1. The highest BCUT2D eigenvalue weighted by Crippen LogP contribution is 2.40. The van der Waals surface area contributed by atoms with Crippen molar-refractivity contribution in [2.75, 3.05) is 46.2 Å². The molecule has 2 aromatic carbocycles. The minimum absolute atomic E-state index is 0.0472. The van der Waals surface area contributed by atoms with Crippen LogP contribution < -0.4 is 20.7 Å². The molecule has 7 fully saturated rings. The van der Waals surface area contributed by atoms with Crippen LogP contribution in [-0.2, 0) is 61.6 Å². The van der Waals surface area contributed by atoms with E-state index in [1.807, 2.05) is 0 Å². The molecule has 19 N–H and O–H groups in total. The molecule has 0 radical (unpaired) electrons. The summed E-state index contributed by atoms with van der Waals surface area (Å²) in [6.07, 6.45) is -63.7. The zero-order valence-electron chi connectivity index (χ0n) is 55.0. The van der Waals surface area contributed by atoms with E-state index in [-0.39, 0.29) is 29.3 Å². The molecule has 0 aliphatic carbocycles. The quantitative estimate of drug-likeness (QED) is 0.0307. The summed E-state index contributed by atoms with van der Waals surface area (Å²) >= 11 is 0. The monoisotopic (exact) mass is 1460 g/mol. The van der Waals surface area contributed by atoms with E-state index in [2.05, 4.69) is 0 Å². The van der Waals surface area contributed by atoms with Crippen molar-refractivity contribution < 1.29 is 177 Å². The van der Waals surface area contributed by atoms with Crippen LogP contribution in [-0.4, -0.2) is 352 Å². The number of ether oxygens (including phenoxy) is 15. The second-order valence-electron chi connectivity index (χ2n) is 26.3. The van der Waals surface area contributed by atoms with Crippen molar-refractivity contribution in [1.82, 2.24) is 0 Å². The molecule has 35 atom stereocenters. The molecule has 38 nitrogen and oxygen atoms in total. The van der Waals surface area contributed by atoms with E-state index in [0.29, 0.717) is 21.9 Å². The van der Waals surface area contributed by atoms with Crippen molar-refractivity contribution in [3.63, 3.8) is 0 Å². The molecular weight excluding hydrogens is 1380 g/mol. The van der Waals surface area contributed by atoms with Gasteiger partial charge in [-0.25, -0.2) is 9.59 Å². The number of aliphatic hydroxyl groups excluding tert-OH is 19. The predicted molar refractivity (Wildman–Crippen MR) is 330 cm³/mol. The van der Waals surface area contributed by atoms with E-state index in [9.17, 15) is 107 Å². The largest absolute Gasteiger partial charge is 0.491 e. The Hall–Kier alpha value is -4.82. The summed E-state index contributed by atoms with van der Waals surface area (Å²) < 4.78 is 101. The van der Waals surface area contributed by atoms with E-state index < -0.39 is 265 Å². The first-order chi connectivity index (χ1) is 48.6. The zero-order valence-corrected chi connectivity index (χ0v) is 55.0. The average Bonchev–Trinajstić information content (AvgIpc) is 0.767. The van der Waals surface area contributed by atoms with Gasteiger partial charge < -0.3 is 177 Å². The lowest BCUT2D eigenvalue weighted by molar-refractivity contribution is -0.396. The molecule has 0 spiro atoms. The zero-order chi connectivity index (χ0) is 73.6. The van der Waals surface area contributed by atoms with E-state index in [1.54, 1.807) is 26.0 Å². The molecule has 7 aliphatic rings. The maximum atomic E-state index is 12.8. The Kier molecular flexibility index (Phi) is 25.4. The van der Waals surface area contributed by atoms with Gasteiger partial charge in [-0.15, -0.1) is 0 Å². The van der Waals surface area contributed by atoms with Crippen LogP contribution in [0.2, 0.25) is 0 Å². The van der Waals surface area contributed by atoms with Crippen molar-refractivity contribution in [2.24, 2.45) is 5.92 Å². The number of fused-ring (bicyclic) bond motifs is 2. The molecule has 7 saturated heterocycles. The van der Waals surface area contributed by atoms with Gasteiger partial charge in [-0.1, -0.05) is 6.92 Å². The van der Waals surface area contributed by atoms with Crippen molar-refractivity contribution in [1.29, 1.82) is 0 Å². The minimum atomic E-state index is -2.31. The van der Waals surface area contributed by atoms with Gasteiger partial charge in [0.05, 0.1) is 58.0 Å². The van der Waals surface area contributed by atoms with E-state index in [4.69, 9.17) is 79.9 Å². The third-order valence-electron chi connectivity index (χ3n) is 19.5. The molecule has 14 unspecified atom stereocenters. The fraction of sp³-hybridized carbons (Fsp3) is 0.719. The molecular formula is C64H88O38. The van der Waals surface area contributed by atoms with Gasteiger partial charge in [0.25, 0.3) is 0 Å². The van der Waals surface area contributed by atoms with Crippen molar-refractivity contribution in [3.05, 3.63) is 80.5 Å². The van der Waals surface area contributed by atoms with E-state index in [1.165, 1.54) is 50.2 Å². The number of rotatable bonds is 23. The lowest BCUT2D eigenvalue weighted by Crippen LogP contribution is -2.69. The smallest absolute Gasteiger partial charge is 0.336 e. The maximum Gasteiger partial charge on any atom is 0.336 e. The number of aryl methyl sites for hydroxylation is 2. The van der Waals surface area contributed by atoms with Crippen LogP contribution in [0.15, 0.2) is 67.0 Å². The molecule has 9 heterocycles. The standard InChI is InChI=1S/C64H88O38/c1-20-9-37(70)90-28-11-24(5-7-26(20)28)86-18-35-56(43(76)40(73)23(4)88-35)100-62-49(82)44(77)54(33(16-68)94-62)99-61-51(84)46(79)55(34(17-69)96-61)102-64-58(89-25-6-8-27-21(2)10-38(71)91-29(27)12-25)52(85)57(36(97-64)19-87-59-48(81)42(75)41(74)31(14-66)93-59)101-63-50(83)45(78)53(32(15-67)95-63)98-60-47(80)39(72)22(3)30(13-65)92-60/h5-12,22-23,30-36,39-69,72-85H,13-19H2,1-4H3/t22-,23+,30?,31?,32?,33?,34?,35?,36?,39-,40?,41-,42-,43+,44+,45+,46+,47?,48?,49?,50?,51?,52-,53-,54-,55-,56-,57-,58?,59-,60+,61+,62+,63+,64+/m1/s1. The summed E-state index contributed by atoms with van der Waals surface area (Å²) in [5, 5.41) is 213. The van der Waals surface area contributed by atoms with Crippen LogP contribution in [0.25, 0.3) is 21.9 Å². The molecule has 572 valence electrons. The van der Waals surface area contributed by atoms with Crippen LogP contribution in [0, 0.1) is 19.8 Å². The molecule has 7 aliphatic heterocycles. The summed E-state index contributed by atoms with van der Waals surface area (Å²) in [5.41, 5.74) is -0.118. The SMILES string of the molecule is Cc1cc(=O)oc2cc(OCC3O[C@@H](C)C(O)[C@H](O)[C@@H]3O[C@@H]3OC(CO)[C@@H](O[C@@H]4OC(CO)[C@@H](O[C@@H]5OC(CO[C@@H]6OC(CO)[C@@H](O)[C@@H](O)C6O)[C@@H](O[C@@H]6OC(CO)[C@@H](O[C@@H]7OC(CO)[C@@H](C)[C@@H](O)C7O)[C@@H](O)C6O)[C@@H](O)C5Oc5ccc6c(C)cc(=O)oc6c5)[C@@H](O)C4O)[C@@H](O)C3O)ccc12. The Balaban J connectivity index is 0.840. The van der Waals surface area contributed by atoms with Crippen LogP contribution >= 0.6 is 0 Å². The Morgan fingerprint density at radius 3 is 1.20 bits per heavy atom. The van der Waals surface area contributed by atoms with Crippen LogP contribution in [0.3, 0.4) is 0 Å². The molecule has 0 amide bonds. The first-order valence-corrected chi connectivity index (χ1v) is 33.0. The number of hydrogen-bond donors (Lipinski definition) is 19. The minimum Gasteiger partial charge on any atom is -0.491 e. The molecule has 4 aromatic rings. The Morgan fingerprint density at radius 2 is 0.716 bits per heavy atom. The second-order valence-corrected chi connectivity index (χ2v) is 26.3. The molecule has 0 bridgehead atoms. The first kappa shape index (κ1) is 78.3. The van der Waals surface area contributed by atoms with Gasteiger partial charge in [0.15, 0.2) is 43.8 Å². The van der Waals surface area contributed by atoms with Gasteiger partial charge in [0.2, 0.25) is 0 Å². The van der Waals surface area contributed by atoms with Crippen LogP contribution in [0.1, 0.15) is 25.0 Å². The highest BCUT2D eigenvalue weighted by atomic mass is 16.8. The Morgan fingerprint density at radius 1 is 0.343 bits per heavy atom. The summed E-state index contributed by atoms with van der Waals surface area (Å²) in [5.74, 6) is -0.840. The molecule has 38 heteroatoms. The normalized spacial score (nSPS) is 43.7. The van der Waals surface area contributed by atoms with Crippen molar-refractivity contribution in [2.45, 2.75) is 236 Å². The predicted octanol–water partition coefficient (Wildman–Crippen LogP) is -8.93. The molecule has 102 heavy (non-hydrogen) atoms. The lowest BCUT2D eigenvalue weighted by Gasteiger charge is -2.50. The van der Waals surface area contributed by atoms with Crippen LogP contribution in [0.4, 0.5) is 0 Å². The maximum absolute atomic E-state index is 12.8. The lowest BCUT2D eigenvalue weighted by atomic mass is 9.91. The fourth-order valence-electron chi connectivity index (χ4n) is 13.5. The van der Waals surface area contributed by atoms with Gasteiger partial charge in [-0.3, -0.25) is 0 Å². The van der Waals surface area contributed by atoms with Crippen molar-refractivity contribution >= 4 is 21.9 Å². The molecule has 11 rings (SSSR count). The number of benzene rings is 2. The Bertz CT molecular complexity index is 3500. The number of aliphatic hydroxyl groups is 19. The molecule has 0 saturated carbocycles. The van der Waals surface area contributed by atoms with Gasteiger partial charge >= 0.3 is 11.3 Å². The number of hydrogen-bond acceptors (Lipinski definition) is 38. The van der Waals surface area contributed by atoms with Gasteiger partial charge in [0, 0.05) is 41.0 Å². The van der Waals surface area contributed by atoms with E-state index in [0.717, 1.165) is 0 Å². The summed E-state index contributed by atoms with van der Waals surface area (Å²) in [7, 11) is 0. The van der Waals surface area contributed by atoms with Gasteiger partial charge in [0.1, 0.15) is 176 Å². The third-order valence-corrected chi connectivity index (χ3v) is 19.5. The van der Waals surface area contributed by atoms with Crippen molar-refractivity contribution in [3.8, 4) is 11.5 Å². The summed E-state index contributed by atoms with van der Waals surface area (Å²) in [6, 6.07) is 11.2. The second kappa shape index (κ2) is 33.1. The Labute approximate surface area is 577 Å². The summed E-state index contributed by atoms with van der Waals surface area (Å²) in [6.45, 7) is 0.165.